The zero-order valence-electron chi connectivity index (χ0n) is 17.2. The van der Waals surface area contributed by atoms with Crippen LogP contribution < -0.4 is 10.9 Å². The quantitative estimate of drug-likeness (QED) is 0.349. The Hall–Kier alpha value is -4.86. The number of aromatic nitrogens is 3. The minimum absolute atomic E-state index is 0.0678. The fourth-order valence-corrected chi connectivity index (χ4v) is 3.08. The molecule has 10 nitrogen and oxygen atoms in total. The van der Waals surface area contributed by atoms with Gasteiger partial charge in [0.2, 0.25) is 11.7 Å². The number of benzene rings is 3. The predicted octanol–water partition coefficient (Wildman–Crippen LogP) is 2.85. The van der Waals surface area contributed by atoms with E-state index in [1.165, 1.54) is 24.3 Å². The summed E-state index contributed by atoms with van der Waals surface area (Å²) in [5, 5.41) is 15.0. The molecule has 0 bridgehead atoms. The molecule has 0 atom stereocenters. The second kappa shape index (κ2) is 9.52. The number of amides is 2. The number of nitro groups is 1. The zero-order chi connectivity index (χ0) is 23.2. The SMILES string of the molecule is O=C(Cc1ccc([N+](=O)[O-])cc1)NNC(=O)c1nc(-c2ccccc2)n(-c2ccccc2)n1. The van der Waals surface area contributed by atoms with E-state index in [0.717, 1.165) is 11.3 Å². The van der Waals surface area contributed by atoms with E-state index in [1.807, 2.05) is 60.7 Å². The Balaban J connectivity index is 1.47. The molecule has 164 valence electrons. The number of carbonyl (C=O) groups excluding carboxylic acids is 2. The Morgan fingerprint density at radius 2 is 1.52 bits per heavy atom. The molecule has 1 heterocycles. The van der Waals surface area contributed by atoms with Crippen molar-refractivity contribution in [2.45, 2.75) is 6.42 Å². The van der Waals surface area contributed by atoms with Crippen molar-refractivity contribution in [1.82, 2.24) is 25.6 Å². The highest BCUT2D eigenvalue weighted by Crippen LogP contribution is 2.21. The van der Waals surface area contributed by atoms with Gasteiger partial charge in [-0.2, -0.15) is 0 Å². The van der Waals surface area contributed by atoms with Crippen LogP contribution in [0.3, 0.4) is 0 Å². The molecule has 4 aromatic rings. The lowest BCUT2D eigenvalue weighted by molar-refractivity contribution is -0.384. The fourth-order valence-electron chi connectivity index (χ4n) is 3.08. The summed E-state index contributed by atoms with van der Waals surface area (Å²) >= 11 is 0. The third-order valence-corrected chi connectivity index (χ3v) is 4.67. The minimum atomic E-state index is -0.682. The Morgan fingerprint density at radius 1 is 0.879 bits per heavy atom. The molecule has 0 spiro atoms. The summed E-state index contributed by atoms with van der Waals surface area (Å²) in [4.78, 5) is 39.4. The first-order valence-corrected chi connectivity index (χ1v) is 9.91. The van der Waals surface area contributed by atoms with E-state index in [2.05, 4.69) is 20.9 Å². The van der Waals surface area contributed by atoms with Gasteiger partial charge in [0.1, 0.15) is 0 Å². The molecule has 3 aromatic carbocycles. The van der Waals surface area contributed by atoms with E-state index < -0.39 is 16.7 Å². The van der Waals surface area contributed by atoms with E-state index >= 15 is 0 Å². The maximum absolute atomic E-state index is 12.6. The van der Waals surface area contributed by atoms with E-state index in [9.17, 15) is 19.7 Å². The number of hydrazine groups is 1. The topological polar surface area (TPSA) is 132 Å². The molecule has 0 aliphatic rings. The Bertz CT molecular complexity index is 1230. The summed E-state index contributed by atoms with van der Waals surface area (Å²) in [7, 11) is 0. The number of nitrogens with one attached hydrogen (secondary N) is 2. The summed E-state index contributed by atoms with van der Waals surface area (Å²) in [6, 6.07) is 24.2. The molecule has 0 saturated carbocycles. The number of hydrogen-bond acceptors (Lipinski definition) is 6. The van der Waals surface area contributed by atoms with Gasteiger partial charge in [-0.25, -0.2) is 9.67 Å². The second-order valence-corrected chi connectivity index (χ2v) is 6.98. The molecule has 10 heteroatoms. The number of nitro benzene ring substituents is 1. The van der Waals surface area contributed by atoms with Crippen LogP contribution in [0, 0.1) is 10.1 Å². The van der Waals surface area contributed by atoms with Gasteiger partial charge in [0.15, 0.2) is 5.82 Å². The molecule has 0 fully saturated rings. The third kappa shape index (κ3) is 5.07. The summed E-state index contributed by atoms with van der Waals surface area (Å²) in [5.41, 5.74) is 6.61. The molecule has 0 unspecified atom stereocenters. The largest absolute Gasteiger partial charge is 0.309 e. The van der Waals surface area contributed by atoms with E-state index in [1.54, 1.807) is 4.68 Å². The van der Waals surface area contributed by atoms with Crippen LogP contribution in [-0.2, 0) is 11.2 Å². The van der Waals surface area contributed by atoms with Crippen molar-refractivity contribution in [2.75, 3.05) is 0 Å². The summed E-state index contributed by atoms with van der Waals surface area (Å²) < 4.78 is 1.56. The molecule has 2 amide bonds. The Morgan fingerprint density at radius 3 is 2.15 bits per heavy atom. The number of para-hydroxylation sites is 1. The van der Waals surface area contributed by atoms with E-state index in [-0.39, 0.29) is 17.9 Å². The highest BCUT2D eigenvalue weighted by Gasteiger charge is 2.19. The van der Waals surface area contributed by atoms with Crippen molar-refractivity contribution in [2.24, 2.45) is 0 Å². The fraction of sp³-hybridized carbons (Fsp3) is 0.0435. The van der Waals surface area contributed by atoms with Crippen LogP contribution in [0.5, 0.6) is 0 Å². The van der Waals surface area contributed by atoms with Gasteiger partial charge in [-0.15, -0.1) is 5.10 Å². The van der Waals surface area contributed by atoms with Gasteiger partial charge in [-0.05, 0) is 17.7 Å². The molecule has 2 N–H and O–H groups in total. The van der Waals surface area contributed by atoms with Crippen LogP contribution >= 0.6 is 0 Å². The van der Waals surface area contributed by atoms with Crippen LogP contribution in [0.2, 0.25) is 0 Å². The Kier molecular flexibility index (Phi) is 6.17. The van der Waals surface area contributed by atoms with E-state index in [0.29, 0.717) is 11.4 Å². The maximum Gasteiger partial charge on any atom is 0.309 e. The maximum atomic E-state index is 12.6. The Labute approximate surface area is 188 Å². The third-order valence-electron chi connectivity index (χ3n) is 4.67. The molecule has 33 heavy (non-hydrogen) atoms. The summed E-state index contributed by atoms with van der Waals surface area (Å²) in [5.74, 6) is -0.820. The number of carbonyl (C=O) groups is 2. The highest BCUT2D eigenvalue weighted by molar-refractivity contribution is 5.92. The lowest BCUT2D eigenvalue weighted by Crippen LogP contribution is -2.42. The van der Waals surface area contributed by atoms with Gasteiger partial charge < -0.3 is 0 Å². The monoisotopic (exact) mass is 442 g/mol. The van der Waals surface area contributed by atoms with Crippen molar-refractivity contribution in [1.29, 1.82) is 0 Å². The second-order valence-electron chi connectivity index (χ2n) is 6.98. The lowest BCUT2D eigenvalue weighted by Gasteiger charge is -2.05. The van der Waals surface area contributed by atoms with Gasteiger partial charge in [0.25, 0.3) is 5.69 Å². The number of hydrogen-bond donors (Lipinski definition) is 2. The molecule has 0 radical (unpaired) electrons. The van der Waals surface area contributed by atoms with Gasteiger partial charge in [-0.1, -0.05) is 60.7 Å². The standard InChI is InChI=1S/C23H18N6O4/c30-20(15-16-11-13-19(14-12-16)29(32)33)25-26-23(31)21-24-22(17-7-3-1-4-8-17)28(27-21)18-9-5-2-6-10-18/h1-14H,15H2,(H,25,30)(H,26,31). The van der Waals surface area contributed by atoms with E-state index in [4.69, 9.17) is 0 Å². The highest BCUT2D eigenvalue weighted by atomic mass is 16.6. The average Bonchev–Trinajstić information content (AvgIpc) is 3.30. The van der Waals surface area contributed by atoms with Crippen LogP contribution in [-0.4, -0.2) is 31.5 Å². The molecule has 0 saturated heterocycles. The first-order chi connectivity index (χ1) is 16.0. The summed E-state index contributed by atoms with van der Waals surface area (Å²) in [6.07, 6.45) is -0.0700. The van der Waals surface area contributed by atoms with Crippen LogP contribution in [0.25, 0.3) is 17.1 Å². The molecule has 4 rings (SSSR count). The molecular formula is C23H18N6O4. The molecule has 0 aliphatic heterocycles. The van der Waals surface area contributed by atoms with Gasteiger partial charge >= 0.3 is 5.91 Å². The number of nitrogens with zero attached hydrogens (tertiary/aromatic N) is 4. The smallest absolute Gasteiger partial charge is 0.273 e. The molecule has 1 aromatic heterocycles. The number of rotatable bonds is 6. The van der Waals surface area contributed by atoms with Crippen molar-refractivity contribution in [3.05, 3.63) is 106 Å². The molecular weight excluding hydrogens is 424 g/mol. The van der Waals surface area contributed by atoms with Gasteiger partial charge in [0, 0.05) is 17.7 Å². The summed E-state index contributed by atoms with van der Waals surface area (Å²) in [6.45, 7) is 0. The van der Waals surface area contributed by atoms with Gasteiger partial charge in [0.05, 0.1) is 17.0 Å². The first kappa shape index (κ1) is 21.4. The number of non-ortho nitro benzene ring substituents is 1. The zero-order valence-corrected chi connectivity index (χ0v) is 17.2. The predicted molar refractivity (Wildman–Crippen MR) is 119 cm³/mol. The van der Waals surface area contributed by atoms with Gasteiger partial charge in [-0.3, -0.25) is 30.6 Å². The first-order valence-electron chi connectivity index (χ1n) is 9.91. The van der Waals surface area contributed by atoms with Crippen LogP contribution in [0.4, 0.5) is 5.69 Å². The van der Waals surface area contributed by atoms with Crippen LogP contribution in [0.15, 0.2) is 84.9 Å². The average molecular weight is 442 g/mol. The minimum Gasteiger partial charge on any atom is -0.273 e. The van der Waals surface area contributed by atoms with Crippen LogP contribution in [0.1, 0.15) is 16.2 Å². The normalized spacial score (nSPS) is 10.4. The van der Waals surface area contributed by atoms with Crippen molar-refractivity contribution in [3.63, 3.8) is 0 Å². The van der Waals surface area contributed by atoms with Crippen molar-refractivity contribution >= 4 is 17.5 Å². The van der Waals surface area contributed by atoms with Crippen molar-refractivity contribution < 1.29 is 14.5 Å². The van der Waals surface area contributed by atoms with Crippen molar-refractivity contribution in [3.8, 4) is 17.1 Å². The lowest BCUT2D eigenvalue weighted by atomic mass is 10.1. The molecule has 0 aliphatic carbocycles.